The molecular formula is C13H19NO3. The van der Waals surface area contributed by atoms with Crippen LogP contribution in [0.15, 0.2) is 18.2 Å². The molecule has 0 saturated carbocycles. The summed E-state index contributed by atoms with van der Waals surface area (Å²) in [5.74, 6) is -0.178. The standard InChI is InChI=1S/C13H19NO3/c1-9-4-5-11(6-10(9)2)13(16)14-7-12(15)8-17-3/h4-6,12,15H,7-8H2,1-3H3,(H,14,16). The van der Waals surface area contributed by atoms with E-state index in [1.165, 1.54) is 7.11 Å². The van der Waals surface area contributed by atoms with Crippen LogP contribution in [0.2, 0.25) is 0 Å². The highest BCUT2D eigenvalue weighted by atomic mass is 16.5. The summed E-state index contributed by atoms with van der Waals surface area (Å²) in [4.78, 5) is 11.8. The Bertz CT molecular complexity index is 390. The minimum Gasteiger partial charge on any atom is -0.389 e. The monoisotopic (exact) mass is 237 g/mol. The number of nitrogens with one attached hydrogen (secondary N) is 1. The maximum atomic E-state index is 11.8. The first-order valence-corrected chi connectivity index (χ1v) is 5.57. The third-order valence-electron chi connectivity index (χ3n) is 2.63. The van der Waals surface area contributed by atoms with Gasteiger partial charge in [-0.05, 0) is 37.1 Å². The van der Waals surface area contributed by atoms with E-state index in [-0.39, 0.29) is 19.1 Å². The van der Waals surface area contributed by atoms with Crippen LogP contribution in [0.3, 0.4) is 0 Å². The Labute approximate surface area is 102 Å². The molecule has 0 aliphatic heterocycles. The molecule has 4 heteroatoms. The first kappa shape index (κ1) is 13.7. The van der Waals surface area contributed by atoms with Gasteiger partial charge in [-0.25, -0.2) is 0 Å². The Hall–Kier alpha value is -1.39. The zero-order valence-electron chi connectivity index (χ0n) is 10.5. The summed E-state index contributed by atoms with van der Waals surface area (Å²) in [6, 6.07) is 5.53. The Morgan fingerprint density at radius 3 is 2.71 bits per heavy atom. The number of carbonyl (C=O) groups is 1. The van der Waals surface area contributed by atoms with E-state index in [1.54, 1.807) is 6.07 Å². The Morgan fingerprint density at radius 1 is 1.41 bits per heavy atom. The Balaban J connectivity index is 2.55. The molecule has 0 radical (unpaired) electrons. The fourth-order valence-electron chi connectivity index (χ4n) is 1.45. The van der Waals surface area contributed by atoms with Crippen LogP contribution in [0.5, 0.6) is 0 Å². The van der Waals surface area contributed by atoms with Gasteiger partial charge in [0, 0.05) is 19.2 Å². The van der Waals surface area contributed by atoms with E-state index in [9.17, 15) is 9.90 Å². The molecule has 1 aromatic carbocycles. The molecule has 94 valence electrons. The maximum Gasteiger partial charge on any atom is 0.251 e. The number of amides is 1. The number of rotatable bonds is 5. The van der Waals surface area contributed by atoms with Gasteiger partial charge in [0.2, 0.25) is 0 Å². The molecular weight excluding hydrogens is 218 g/mol. The highest BCUT2D eigenvalue weighted by Gasteiger charge is 2.09. The molecule has 1 rings (SSSR count). The van der Waals surface area contributed by atoms with Crippen molar-refractivity contribution < 1.29 is 14.6 Å². The van der Waals surface area contributed by atoms with Crippen LogP contribution in [-0.4, -0.2) is 37.4 Å². The van der Waals surface area contributed by atoms with Crippen LogP contribution in [0, 0.1) is 13.8 Å². The number of hydrogen-bond acceptors (Lipinski definition) is 3. The lowest BCUT2D eigenvalue weighted by Gasteiger charge is -2.11. The van der Waals surface area contributed by atoms with Gasteiger partial charge in [-0.15, -0.1) is 0 Å². The minimum atomic E-state index is -0.671. The van der Waals surface area contributed by atoms with Crippen molar-refractivity contribution in [3.63, 3.8) is 0 Å². The van der Waals surface area contributed by atoms with Gasteiger partial charge in [0.1, 0.15) is 0 Å². The van der Waals surface area contributed by atoms with Crippen molar-refractivity contribution in [2.75, 3.05) is 20.3 Å². The van der Waals surface area contributed by atoms with Crippen molar-refractivity contribution in [3.05, 3.63) is 34.9 Å². The molecule has 2 N–H and O–H groups in total. The number of benzene rings is 1. The van der Waals surface area contributed by atoms with Gasteiger partial charge in [-0.2, -0.15) is 0 Å². The summed E-state index contributed by atoms with van der Waals surface area (Å²) in [6.07, 6.45) is -0.671. The Morgan fingerprint density at radius 2 is 2.12 bits per heavy atom. The van der Waals surface area contributed by atoms with Crippen LogP contribution >= 0.6 is 0 Å². The first-order valence-electron chi connectivity index (χ1n) is 5.57. The second-order valence-corrected chi connectivity index (χ2v) is 4.12. The molecule has 1 aromatic rings. The number of ether oxygens (including phenoxy) is 1. The molecule has 0 saturated heterocycles. The minimum absolute atomic E-state index is 0.178. The smallest absolute Gasteiger partial charge is 0.251 e. The second kappa shape index (κ2) is 6.37. The lowest BCUT2D eigenvalue weighted by Crippen LogP contribution is -2.34. The van der Waals surface area contributed by atoms with Crippen molar-refractivity contribution in [2.24, 2.45) is 0 Å². The topological polar surface area (TPSA) is 58.6 Å². The van der Waals surface area contributed by atoms with E-state index in [1.807, 2.05) is 26.0 Å². The average Bonchev–Trinajstić information content (AvgIpc) is 2.30. The molecule has 0 aliphatic rings. The molecule has 1 unspecified atom stereocenters. The largest absolute Gasteiger partial charge is 0.389 e. The molecule has 0 spiro atoms. The van der Waals surface area contributed by atoms with Crippen molar-refractivity contribution >= 4 is 5.91 Å². The van der Waals surface area contributed by atoms with E-state index < -0.39 is 6.10 Å². The van der Waals surface area contributed by atoms with Crippen molar-refractivity contribution in [3.8, 4) is 0 Å². The maximum absolute atomic E-state index is 11.8. The van der Waals surface area contributed by atoms with Crippen LogP contribution in [0.1, 0.15) is 21.5 Å². The Kier molecular flexibility index (Phi) is 5.12. The quantitative estimate of drug-likeness (QED) is 0.804. The van der Waals surface area contributed by atoms with Crippen LogP contribution < -0.4 is 5.32 Å². The summed E-state index contributed by atoms with van der Waals surface area (Å²) >= 11 is 0. The number of aliphatic hydroxyl groups excluding tert-OH is 1. The first-order chi connectivity index (χ1) is 8.04. The fourth-order valence-corrected chi connectivity index (χ4v) is 1.45. The van der Waals surface area contributed by atoms with Crippen molar-refractivity contribution in [1.82, 2.24) is 5.32 Å². The fraction of sp³-hybridized carbons (Fsp3) is 0.462. The van der Waals surface area contributed by atoms with E-state index in [2.05, 4.69) is 5.32 Å². The van der Waals surface area contributed by atoms with Crippen LogP contribution in [0.25, 0.3) is 0 Å². The predicted molar refractivity (Wildman–Crippen MR) is 66.1 cm³/mol. The zero-order chi connectivity index (χ0) is 12.8. The van der Waals surface area contributed by atoms with Gasteiger partial charge in [0.05, 0.1) is 12.7 Å². The number of aryl methyl sites for hydroxylation is 2. The van der Waals surface area contributed by atoms with E-state index in [4.69, 9.17) is 4.74 Å². The van der Waals surface area contributed by atoms with Gasteiger partial charge < -0.3 is 15.2 Å². The van der Waals surface area contributed by atoms with Crippen LogP contribution in [0.4, 0.5) is 0 Å². The highest BCUT2D eigenvalue weighted by molar-refractivity contribution is 5.94. The summed E-state index contributed by atoms with van der Waals surface area (Å²) < 4.78 is 4.78. The normalized spacial score (nSPS) is 12.2. The molecule has 0 aliphatic carbocycles. The molecule has 0 aromatic heterocycles. The zero-order valence-corrected chi connectivity index (χ0v) is 10.5. The number of aliphatic hydroxyl groups is 1. The number of hydrogen-bond donors (Lipinski definition) is 2. The molecule has 0 bridgehead atoms. The molecule has 1 amide bonds. The molecule has 17 heavy (non-hydrogen) atoms. The van der Waals surface area contributed by atoms with Crippen LogP contribution in [-0.2, 0) is 4.74 Å². The summed E-state index contributed by atoms with van der Waals surface area (Å²) in [5.41, 5.74) is 2.84. The van der Waals surface area contributed by atoms with E-state index in [0.717, 1.165) is 11.1 Å². The van der Waals surface area contributed by atoms with Gasteiger partial charge in [-0.3, -0.25) is 4.79 Å². The summed E-state index contributed by atoms with van der Waals surface area (Å²) in [6.45, 7) is 4.37. The molecule has 4 nitrogen and oxygen atoms in total. The van der Waals surface area contributed by atoms with Gasteiger partial charge in [-0.1, -0.05) is 6.07 Å². The third-order valence-corrected chi connectivity index (χ3v) is 2.63. The molecule has 0 heterocycles. The van der Waals surface area contributed by atoms with Crippen molar-refractivity contribution in [1.29, 1.82) is 0 Å². The van der Waals surface area contributed by atoms with Gasteiger partial charge >= 0.3 is 0 Å². The lowest BCUT2D eigenvalue weighted by molar-refractivity contribution is 0.0610. The molecule has 0 fully saturated rings. The van der Waals surface area contributed by atoms with Crippen molar-refractivity contribution in [2.45, 2.75) is 20.0 Å². The predicted octanol–water partition coefficient (Wildman–Crippen LogP) is 1.04. The van der Waals surface area contributed by atoms with Gasteiger partial charge in [0.25, 0.3) is 5.91 Å². The molecule has 1 atom stereocenters. The number of carbonyl (C=O) groups excluding carboxylic acids is 1. The third kappa shape index (κ3) is 4.17. The number of methoxy groups -OCH3 is 1. The SMILES string of the molecule is COCC(O)CNC(=O)c1ccc(C)c(C)c1. The summed E-state index contributed by atoms with van der Waals surface area (Å²) in [5, 5.41) is 12.1. The second-order valence-electron chi connectivity index (χ2n) is 4.12. The summed E-state index contributed by atoms with van der Waals surface area (Å²) in [7, 11) is 1.51. The average molecular weight is 237 g/mol. The van der Waals surface area contributed by atoms with Gasteiger partial charge in [0.15, 0.2) is 0 Å². The van der Waals surface area contributed by atoms with E-state index >= 15 is 0 Å². The lowest BCUT2D eigenvalue weighted by atomic mass is 10.1. The highest BCUT2D eigenvalue weighted by Crippen LogP contribution is 2.09. The van der Waals surface area contributed by atoms with E-state index in [0.29, 0.717) is 5.56 Å².